The van der Waals surface area contributed by atoms with Crippen LogP contribution in [0.15, 0.2) is 16.9 Å². The van der Waals surface area contributed by atoms with Gasteiger partial charge >= 0.3 is 0 Å². The Morgan fingerprint density at radius 3 is 3.06 bits per heavy atom. The van der Waals surface area contributed by atoms with E-state index in [9.17, 15) is 9.18 Å². The summed E-state index contributed by atoms with van der Waals surface area (Å²) in [7, 11) is 0. The smallest absolute Gasteiger partial charge is 0.258 e. The van der Waals surface area contributed by atoms with Gasteiger partial charge in [-0.25, -0.2) is 9.37 Å². The number of benzene rings is 1. The molecule has 0 aliphatic rings. The van der Waals surface area contributed by atoms with Gasteiger partial charge in [-0.2, -0.15) is 0 Å². The molecule has 0 amide bonds. The van der Waals surface area contributed by atoms with Crippen molar-refractivity contribution in [2.24, 2.45) is 0 Å². The van der Waals surface area contributed by atoms with Gasteiger partial charge in [-0.3, -0.25) is 4.79 Å². The van der Waals surface area contributed by atoms with Gasteiger partial charge in [-0.1, -0.05) is 5.92 Å². The fourth-order valence-corrected chi connectivity index (χ4v) is 1.56. The minimum absolute atomic E-state index is 0.194. The third kappa shape index (κ3) is 2.11. The van der Waals surface area contributed by atoms with Crippen LogP contribution in [0.1, 0.15) is 5.82 Å². The maximum Gasteiger partial charge on any atom is 0.258 e. The Kier molecular flexibility index (Phi) is 2.79. The van der Waals surface area contributed by atoms with Crippen molar-refractivity contribution in [1.29, 1.82) is 0 Å². The van der Waals surface area contributed by atoms with E-state index in [-0.39, 0.29) is 17.8 Å². The molecule has 2 rings (SSSR count). The Morgan fingerprint density at radius 2 is 2.35 bits per heavy atom. The molecule has 0 radical (unpaired) electrons. The van der Waals surface area contributed by atoms with E-state index in [4.69, 9.17) is 6.42 Å². The van der Waals surface area contributed by atoms with Crippen LogP contribution in [0.25, 0.3) is 10.9 Å². The molecule has 17 heavy (non-hydrogen) atoms. The highest BCUT2D eigenvalue weighted by molar-refractivity contribution is 5.81. The number of aromatic amines is 1. The lowest BCUT2D eigenvalue weighted by Crippen LogP contribution is -2.11. The van der Waals surface area contributed by atoms with E-state index in [1.165, 1.54) is 12.1 Å². The Morgan fingerprint density at radius 1 is 1.59 bits per heavy atom. The lowest BCUT2D eigenvalue weighted by atomic mass is 10.2. The van der Waals surface area contributed by atoms with Crippen LogP contribution in [0.4, 0.5) is 10.1 Å². The number of nitrogens with one attached hydrogen (secondary N) is 2. The third-order valence-electron chi connectivity index (χ3n) is 2.29. The molecule has 0 atom stereocenters. The number of nitrogens with zero attached hydrogens (tertiary/aromatic N) is 1. The number of aromatic nitrogens is 2. The van der Waals surface area contributed by atoms with Crippen molar-refractivity contribution in [2.45, 2.75) is 6.92 Å². The summed E-state index contributed by atoms with van der Waals surface area (Å²) in [6, 6.07) is 2.63. The highest BCUT2D eigenvalue weighted by atomic mass is 19.1. The average Bonchev–Trinajstić information content (AvgIpc) is 2.26. The van der Waals surface area contributed by atoms with Gasteiger partial charge in [0.05, 0.1) is 23.1 Å². The van der Waals surface area contributed by atoms with Crippen LogP contribution in [-0.4, -0.2) is 16.5 Å². The van der Waals surface area contributed by atoms with Gasteiger partial charge in [-0.15, -0.1) is 6.42 Å². The predicted molar refractivity (Wildman–Crippen MR) is 64.4 cm³/mol. The Bertz CT molecular complexity index is 670. The predicted octanol–water partition coefficient (Wildman–Crippen LogP) is 1.42. The number of halogens is 1. The molecule has 4 nitrogen and oxygen atoms in total. The van der Waals surface area contributed by atoms with E-state index < -0.39 is 5.82 Å². The Balaban J connectivity index is 2.64. The number of anilines is 1. The summed E-state index contributed by atoms with van der Waals surface area (Å²) in [4.78, 5) is 18.3. The molecule has 1 aromatic carbocycles. The first-order chi connectivity index (χ1) is 8.11. The molecule has 0 unspecified atom stereocenters. The monoisotopic (exact) mass is 231 g/mol. The fraction of sp³-hybridized carbons (Fsp3) is 0.167. The maximum absolute atomic E-state index is 13.6. The largest absolute Gasteiger partial charge is 0.372 e. The van der Waals surface area contributed by atoms with Crippen molar-refractivity contribution in [2.75, 3.05) is 11.9 Å². The van der Waals surface area contributed by atoms with Gasteiger partial charge in [-0.05, 0) is 13.0 Å². The van der Waals surface area contributed by atoms with E-state index in [0.717, 1.165) is 0 Å². The minimum atomic E-state index is -0.481. The van der Waals surface area contributed by atoms with Crippen molar-refractivity contribution >= 4 is 16.6 Å². The summed E-state index contributed by atoms with van der Waals surface area (Å²) in [5.41, 5.74) is 0.234. The molecule has 1 heterocycles. The summed E-state index contributed by atoms with van der Waals surface area (Å²) < 4.78 is 13.6. The molecule has 5 heteroatoms. The van der Waals surface area contributed by atoms with Gasteiger partial charge in [0.25, 0.3) is 5.56 Å². The molecule has 0 bridgehead atoms. The van der Waals surface area contributed by atoms with E-state index in [0.29, 0.717) is 16.7 Å². The lowest BCUT2D eigenvalue weighted by Gasteiger charge is -2.06. The molecule has 0 saturated heterocycles. The molecular formula is C12H10FN3O. The SMILES string of the molecule is C#CCNc1cc2c(=O)[nH]c(C)nc2cc1F. The van der Waals surface area contributed by atoms with Gasteiger partial charge in [0.1, 0.15) is 11.6 Å². The first-order valence-electron chi connectivity index (χ1n) is 4.99. The second-order valence-corrected chi connectivity index (χ2v) is 3.56. The number of terminal acetylenes is 1. The first-order valence-corrected chi connectivity index (χ1v) is 4.99. The summed E-state index contributed by atoms with van der Waals surface area (Å²) in [5, 5.41) is 3.04. The molecule has 0 spiro atoms. The van der Waals surface area contributed by atoms with Crippen molar-refractivity contribution in [3.8, 4) is 12.3 Å². The fourth-order valence-electron chi connectivity index (χ4n) is 1.56. The van der Waals surface area contributed by atoms with Gasteiger partial charge in [0.15, 0.2) is 0 Å². The molecular weight excluding hydrogens is 221 g/mol. The average molecular weight is 231 g/mol. The number of aryl methyl sites for hydroxylation is 1. The normalized spacial score (nSPS) is 10.2. The number of H-pyrrole nitrogens is 1. The lowest BCUT2D eigenvalue weighted by molar-refractivity contribution is 0.632. The molecule has 0 fully saturated rings. The number of hydrogen-bond acceptors (Lipinski definition) is 3. The topological polar surface area (TPSA) is 57.8 Å². The number of rotatable bonds is 2. The van der Waals surface area contributed by atoms with Crippen LogP contribution in [-0.2, 0) is 0 Å². The molecule has 2 aromatic rings. The quantitative estimate of drug-likeness (QED) is 0.768. The third-order valence-corrected chi connectivity index (χ3v) is 2.29. The molecule has 0 saturated carbocycles. The van der Waals surface area contributed by atoms with E-state index in [1.807, 2.05) is 0 Å². The molecule has 2 N–H and O–H groups in total. The summed E-state index contributed by atoms with van der Waals surface area (Å²) in [5.74, 6) is 2.30. The summed E-state index contributed by atoms with van der Waals surface area (Å²) in [6.45, 7) is 1.84. The van der Waals surface area contributed by atoms with Crippen molar-refractivity contribution < 1.29 is 4.39 Å². The van der Waals surface area contributed by atoms with Crippen molar-refractivity contribution in [3.05, 3.63) is 34.1 Å². The second kappa shape index (κ2) is 4.26. The zero-order valence-electron chi connectivity index (χ0n) is 9.17. The van der Waals surface area contributed by atoms with Gasteiger partial charge < -0.3 is 10.3 Å². The molecule has 0 aliphatic heterocycles. The maximum atomic E-state index is 13.6. The van der Waals surface area contributed by atoms with Crippen LogP contribution in [0.5, 0.6) is 0 Å². The first kappa shape index (κ1) is 11.1. The van der Waals surface area contributed by atoms with Crippen LogP contribution in [0, 0.1) is 25.1 Å². The molecule has 1 aromatic heterocycles. The molecule has 86 valence electrons. The standard InChI is InChI=1S/C12H10FN3O/c1-3-4-14-11-5-8-10(6-9(11)13)15-7(2)16-12(8)17/h1,5-6,14H,4H2,2H3,(H,15,16,17). The minimum Gasteiger partial charge on any atom is -0.372 e. The summed E-state index contributed by atoms with van der Waals surface area (Å²) >= 11 is 0. The van der Waals surface area contributed by atoms with Crippen LogP contribution in [0.3, 0.4) is 0 Å². The van der Waals surface area contributed by atoms with Crippen molar-refractivity contribution in [1.82, 2.24) is 9.97 Å². The second-order valence-electron chi connectivity index (χ2n) is 3.56. The highest BCUT2D eigenvalue weighted by Gasteiger charge is 2.08. The summed E-state index contributed by atoms with van der Waals surface area (Å²) in [6.07, 6.45) is 5.07. The zero-order valence-corrected chi connectivity index (χ0v) is 9.17. The number of fused-ring (bicyclic) bond motifs is 1. The molecule has 0 aliphatic carbocycles. The van der Waals surface area contributed by atoms with Crippen LogP contribution >= 0.6 is 0 Å². The van der Waals surface area contributed by atoms with Crippen LogP contribution < -0.4 is 10.9 Å². The van der Waals surface area contributed by atoms with Gasteiger partial charge in [0, 0.05) is 6.07 Å². The van der Waals surface area contributed by atoms with E-state index in [1.54, 1.807) is 6.92 Å². The van der Waals surface area contributed by atoms with Crippen LogP contribution in [0.2, 0.25) is 0 Å². The Labute approximate surface area is 96.9 Å². The Hall–Kier alpha value is -2.35. The number of hydrogen-bond donors (Lipinski definition) is 2. The van der Waals surface area contributed by atoms with Crippen molar-refractivity contribution in [3.63, 3.8) is 0 Å². The zero-order chi connectivity index (χ0) is 12.4. The highest BCUT2D eigenvalue weighted by Crippen LogP contribution is 2.19. The van der Waals surface area contributed by atoms with E-state index in [2.05, 4.69) is 21.2 Å². The van der Waals surface area contributed by atoms with E-state index >= 15 is 0 Å². The van der Waals surface area contributed by atoms with Gasteiger partial charge in [0.2, 0.25) is 0 Å².